The molecule has 15 heavy (non-hydrogen) atoms. The molecule has 0 aliphatic heterocycles. The van der Waals surface area contributed by atoms with Gasteiger partial charge < -0.3 is 15.0 Å². The summed E-state index contributed by atoms with van der Waals surface area (Å²) in [5.41, 5.74) is 7.80. The summed E-state index contributed by atoms with van der Waals surface area (Å²) in [7, 11) is 0. The number of nitrogen functional groups attached to an aromatic ring is 1. The van der Waals surface area contributed by atoms with E-state index in [9.17, 15) is 0 Å². The van der Waals surface area contributed by atoms with Crippen molar-refractivity contribution in [2.75, 3.05) is 12.3 Å². The Kier molecular flexibility index (Phi) is 2.92. The quantitative estimate of drug-likeness (QED) is 0.614. The number of rotatable bonds is 4. The fourth-order valence-electron chi connectivity index (χ4n) is 1.71. The first-order valence-corrected chi connectivity index (χ1v) is 5.24. The molecule has 2 rings (SSSR count). The van der Waals surface area contributed by atoms with E-state index in [2.05, 4.69) is 19.1 Å². The van der Waals surface area contributed by atoms with E-state index in [1.807, 2.05) is 22.9 Å². The zero-order chi connectivity index (χ0) is 10.7. The molecule has 0 amide bonds. The maximum absolute atomic E-state index is 5.93. The molecule has 3 heteroatoms. The first kappa shape index (κ1) is 10.1. The third-order valence-electron chi connectivity index (χ3n) is 2.40. The molecule has 0 unspecified atom stereocenters. The molecule has 80 valence electrons. The Hall–Kier alpha value is -1.48. The van der Waals surface area contributed by atoms with Gasteiger partial charge in [0.25, 0.3) is 0 Å². The monoisotopic (exact) mass is 204 g/mol. The molecule has 0 atom stereocenters. The molecule has 1 heterocycles. The van der Waals surface area contributed by atoms with Crippen LogP contribution < -0.4 is 5.73 Å². The Labute approximate surface area is 89.4 Å². The average molecular weight is 204 g/mol. The zero-order valence-corrected chi connectivity index (χ0v) is 8.94. The van der Waals surface area contributed by atoms with Crippen LogP contribution in [0.4, 0.5) is 5.69 Å². The smallest absolute Gasteiger partial charge is 0.122 e. The standard InChI is InChI=1S/C12H16N2O/c1-2-8-15-9-14-7-6-10-4-3-5-11(13)12(10)14/h3-7H,2,8-9,13H2,1H3. The molecule has 0 spiro atoms. The molecule has 0 saturated carbocycles. The van der Waals surface area contributed by atoms with Crippen LogP contribution in [0.15, 0.2) is 30.5 Å². The van der Waals surface area contributed by atoms with Crippen LogP contribution in [-0.4, -0.2) is 11.2 Å². The number of hydrogen-bond donors (Lipinski definition) is 1. The second-order valence-corrected chi connectivity index (χ2v) is 3.61. The van der Waals surface area contributed by atoms with E-state index in [0.29, 0.717) is 6.73 Å². The summed E-state index contributed by atoms with van der Waals surface area (Å²) in [5.74, 6) is 0. The van der Waals surface area contributed by atoms with Gasteiger partial charge in [0.15, 0.2) is 0 Å². The van der Waals surface area contributed by atoms with Crippen LogP contribution in [0.1, 0.15) is 13.3 Å². The normalized spacial score (nSPS) is 11.0. The molecule has 0 aliphatic rings. The summed E-state index contributed by atoms with van der Waals surface area (Å²) in [4.78, 5) is 0. The summed E-state index contributed by atoms with van der Waals surface area (Å²) in [6, 6.07) is 8.00. The number of fused-ring (bicyclic) bond motifs is 1. The van der Waals surface area contributed by atoms with Crippen LogP contribution in [-0.2, 0) is 11.5 Å². The summed E-state index contributed by atoms with van der Waals surface area (Å²) in [6.07, 6.45) is 3.05. The average Bonchev–Trinajstić information content (AvgIpc) is 2.63. The Bertz CT molecular complexity index is 448. The molecular formula is C12H16N2O. The van der Waals surface area contributed by atoms with Gasteiger partial charge in [0, 0.05) is 18.2 Å². The maximum atomic E-state index is 5.93. The molecule has 0 aliphatic carbocycles. The van der Waals surface area contributed by atoms with Gasteiger partial charge in [0.2, 0.25) is 0 Å². The van der Waals surface area contributed by atoms with Crippen molar-refractivity contribution in [3.63, 3.8) is 0 Å². The van der Waals surface area contributed by atoms with Gasteiger partial charge in [-0.3, -0.25) is 0 Å². The van der Waals surface area contributed by atoms with Crippen LogP contribution in [0.2, 0.25) is 0 Å². The maximum Gasteiger partial charge on any atom is 0.122 e. The minimum atomic E-state index is 0.575. The number of benzene rings is 1. The molecular weight excluding hydrogens is 188 g/mol. The van der Waals surface area contributed by atoms with E-state index < -0.39 is 0 Å². The third kappa shape index (κ3) is 1.97. The van der Waals surface area contributed by atoms with Crippen molar-refractivity contribution in [3.8, 4) is 0 Å². The van der Waals surface area contributed by atoms with Crippen molar-refractivity contribution in [1.29, 1.82) is 0 Å². The van der Waals surface area contributed by atoms with E-state index in [1.54, 1.807) is 0 Å². The lowest BCUT2D eigenvalue weighted by molar-refractivity contribution is 0.0805. The van der Waals surface area contributed by atoms with Crippen molar-refractivity contribution in [3.05, 3.63) is 30.5 Å². The van der Waals surface area contributed by atoms with Gasteiger partial charge in [0.1, 0.15) is 6.73 Å². The highest BCUT2D eigenvalue weighted by molar-refractivity contribution is 5.90. The van der Waals surface area contributed by atoms with Crippen LogP contribution in [0, 0.1) is 0 Å². The van der Waals surface area contributed by atoms with Gasteiger partial charge in [-0.15, -0.1) is 0 Å². The minimum absolute atomic E-state index is 0.575. The molecule has 0 fully saturated rings. The second kappa shape index (κ2) is 4.36. The summed E-state index contributed by atoms with van der Waals surface area (Å²) in [5, 5.41) is 1.16. The Morgan fingerprint density at radius 2 is 2.20 bits per heavy atom. The molecule has 1 aromatic carbocycles. The van der Waals surface area contributed by atoms with E-state index in [0.717, 1.165) is 29.6 Å². The number of hydrogen-bond acceptors (Lipinski definition) is 2. The van der Waals surface area contributed by atoms with Gasteiger partial charge >= 0.3 is 0 Å². The SMILES string of the molecule is CCCOCn1ccc2cccc(N)c21. The van der Waals surface area contributed by atoms with Crippen molar-refractivity contribution >= 4 is 16.6 Å². The van der Waals surface area contributed by atoms with E-state index in [1.165, 1.54) is 0 Å². The van der Waals surface area contributed by atoms with Crippen molar-refractivity contribution in [1.82, 2.24) is 4.57 Å². The molecule has 0 saturated heterocycles. The van der Waals surface area contributed by atoms with E-state index in [4.69, 9.17) is 10.5 Å². The van der Waals surface area contributed by atoms with Crippen LogP contribution in [0.25, 0.3) is 10.9 Å². The fourth-order valence-corrected chi connectivity index (χ4v) is 1.71. The summed E-state index contributed by atoms with van der Waals surface area (Å²) < 4.78 is 7.54. The first-order chi connectivity index (χ1) is 7.33. The van der Waals surface area contributed by atoms with Gasteiger partial charge in [0.05, 0.1) is 11.2 Å². The van der Waals surface area contributed by atoms with Crippen molar-refractivity contribution in [2.24, 2.45) is 0 Å². The number of nitrogens with two attached hydrogens (primary N) is 1. The highest BCUT2D eigenvalue weighted by Crippen LogP contribution is 2.21. The molecule has 1 aromatic heterocycles. The molecule has 3 nitrogen and oxygen atoms in total. The number of para-hydroxylation sites is 1. The number of anilines is 1. The van der Waals surface area contributed by atoms with Gasteiger partial charge in [-0.05, 0) is 18.6 Å². The number of aromatic nitrogens is 1. The fraction of sp³-hybridized carbons (Fsp3) is 0.333. The Balaban J connectivity index is 2.27. The highest BCUT2D eigenvalue weighted by Gasteiger charge is 2.03. The predicted molar refractivity (Wildman–Crippen MR) is 62.6 cm³/mol. The third-order valence-corrected chi connectivity index (χ3v) is 2.40. The van der Waals surface area contributed by atoms with E-state index in [-0.39, 0.29) is 0 Å². The van der Waals surface area contributed by atoms with Crippen LogP contribution >= 0.6 is 0 Å². The zero-order valence-electron chi connectivity index (χ0n) is 8.94. The Morgan fingerprint density at radius 3 is 3.00 bits per heavy atom. The molecule has 2 aromatic rings. The largest absolute Gasteiger partial charge is 0.397 e. The highest BCUT2D eigenvalue weighted by atomic mass is 16.5. The Morgan fingerprint density at radius 1 is 1.33 bits per heavy atom. The van der Waals surface area contributed by atoms with Crippen LogP contribution in [0.5, 0.6) is 0 Å². The van der Waals surface area contributed by atoms with Crippen molar-refractivity contribution in [2.45, 2.75) is 20.1 Å². The second-order valence-electron chi connectivity index (χ2n) is 3.61. The lowest BCUT2D eigenvalue weighted by Crippen LogP contribution is -2.03. The predicted octanol–water partition coefficient (Wildman–Crippen LogP) is 2.61. The van der Waals surface area contributed by atoms with Crippen molar-refractivity contribution < 1.29 is 4.74 Å². The summed E-state index contributed by atoms with van der Waals surface area (Å²) in [6.45, 7) is 3.46. The minimum Gasteiger partial charge on any atom is -0.397 e. The van der Waals surface area contributed by atoms with E-state index >= 15 is 0 Å². The topological polar surface area (TPSA) is 40.2 Å². The molecule has 0 radical (unpaired) electrons. The molecule has 2 N–H and O–H groups in total. The number of ether oxygens (including phenoxy) is 1. The lowest BCUT2D eigenvalue weighted by Gasteiger charge is -2.07. The van der Waals surface area contributed by atoms with Crippen LogP contribution in [0.3, 0.4) is 0 Å². The number of nitrogens with zero attached hydrogens (tertiary/aromatic N) is 1. The van der Waals surface area contributed by atoms with Gasteiger partial charge in [-0.25, -0.2) is 0 Å². The molecule has 0 bridgehead atoms. The van der Waals surface area contributed by atoms with Gasteiger partial charge in [-0.1, -0.05) is 19.1 Å². The lowest BCUT2D eigenvalue weighted by atomic mass is 10.2. The van der Waals surface area contributed by atoms with Gasteiger partial charge in [-0.2, -0.15) is 0 Å². The summed E-state index contributed by atoms with van der Waals surface area (Å²) >= 11 is 0. The first-order valence-electron chi connectivity index (χ1n) is 5.24.